The first-order valence-electron chi connectivity index (χ1n) is 9.16. The topological polar surface area (TPSA) is 84.0 Å². The molecule has 0 aliphatic rings. The van der Waals surface area contributed by atoms with Gasteiger partial charge in [-0.1, -0.05) is 59.3 Å². The van der Waals surface area contributed by atoms with E-state index in [2.05, 4.69) is 20.8 Å². The van der Waals surface area contributed by atoms with Crippen LogP contribution in [0.3, 0.4) is 0 Å². The average molecular weight is 407 g/mol. The average Bonchev–Trinajstić information content (AvgIpc) is 2.73. The minimum absolute atomic E-state index is 0.0749. The highest BCUT2D eigenvalue weighted by atomic mass is 32.2. The first-order valence-corrected chi connectivity index (χ1v) is 10.1. The van der Waals surface area contributed by atoms with Gasteiger partial charge in [0.2, 0.25) is 5.91 Å². The molecule has 148 valence electrons. The Labute approximate surface area is 174 Å². The van der Waals surface area contributed by atoms with Crippen molar-refractivity contribution < 1.29 is 9.59 Å². The van der Waals surface area contributed by atoms with Gasteiger partial charge in [0.15, 0.2) is 5.82 Å². The van der Waals surface area contributed by atoms with Crippen molar-refractivity contribution in [3.05, 3.63) is 82.9 Å². The Morgan fingerprint density at radius 3 is 2.14 bits per heavy atom. The van der Waals surface area contributed by atoms with E-state index in [1.807, 2.05) is 50.2 Å². The lowest BCUT2D eigenvalue weighted by Gasteiger charge is -2.06. The zero-order valence-electron chi connectivity index (χ0n) is 16.3. The molecule has 0 aliphatic heterocycles. The van der Waals surface area contributed by atoms with E-state index in [1.165, 1.54) is 17.3 Å². The number of hydrogen-bond donors (Lipinski definition) is 2. The molecule has 1 heterocycles. The van der Waals surface area contributed by atoms with Crippen molar-refractivity contribution in [3.8, 4) is 0 Å². The number of thioether (sulfide) groups is 1. The van der Waals surface area contributed by atoms with Gasteiger partial charge in [0, 0.05) is 12.1 Å². The van der Waals surface area contributed by atoms with Crippen molar-refractivity contribution in [2.75, 3.05) is 11.1 Å². The molecule has 0 atom stereocenters. The third-order valence-corrected chi connectivity index (χ3v) is 5.08. The molecule has 0 unspecified atom stereocenters. The van der Waals surface area contributed by atoms with Gasteiger partial charge in [-0.05, 0) is 43.7 Å². The summed E-state index contributed by atoms with van der Waals surface area (Å²) in [7, 11) is 0. The van der Waals surface area contributed by atoms with Gasteiger partial charge in [-0.15, -0.1) is 10.2 Å². The van der Waals surface area contributed by atoms with Gasteiger partial charge < -0.3 is 10.6 Å². The van der Waals surface area contributed by atoms with Crippen LogP contribution in [0, 0.1) is 13.8 Å². The largest absolute Gasteiger partial charge is 0.351 e. The molecule has 2 aromatic carbocycles. The molecule has 0 saturated heterocycles. The molecule has 6 nitrogen and oxygen atoms in total. The van der Waals surface area contributed by atoms with E-state index >= 15 is 0 Å². The van der Waals surface area contributed by atoms with Crippen molar-refractivity contribution >= 4 is 29.4 Å². The Kier molecular flexibility index (Phi) is 6.97. The van der Waals surface area contributed by atoms with Crippen LogP contribution in [0.15, 0.2) is 65.7 Å². The standard InChI is InChI=1S/C22H22N4O2S/c1-15-3-7-17(8-4-15)13-23-20(27)14-29-21-12-11-19(25-26-21)24-22(28)18-9-5-16(2)6-10-18/h3-12H,13-14H2,1-2H3,(H,23,27)(H,24,25,28). The number of nitrogens with zero attached hydrogens (tertiary/aromatic N) is 2. The Morgan fingerprint density at radius 2 is 1.52 bits per heavy atom. The van der Waals surface area contributed by atoms with E-state index in [1.54, 1.807) is 24.3 Å². The third kappa shape index (κ3) is 6.43. The van der Waals surface area contributed by atoms with Gasteiger partial charge in [-0.25, -0.2) is 0 Å². The van der Waals surface area contributed by atoms with Crippen LogP contribution in [-0.2, 0) is 11.3 Å². The van der Waals surface area contributed by atoms with Crippen molar-refractivity contribution in [1.29, 1.82) is 0 Å². The fourth-order valence-electron chi connectivity index (χ4n) is 2.45. The van der Waals surface area contributed by atoms with E-state index < -0.39 is 0 Å². The molecule has 2 N–H and O–H groups in total. The molecule has 0 fully saturated rings. The van der Waals surface area contributed by atoms with Crippen molar-refractivity contribution in [2.24, 2.45) is 0 Å². The summed E-state index contributed by atoms with van der Waals surface area (Å²) in [6, 6.07) is 18.7. The Balaban J connectivity index is 1.45. The molecule has 3 aromatic rings. The van der Waals surface area contributed by atoms with Crippen LogP contribution < -0.4 is 10.6 Å². The molecule has 2 amide bonds. The number of carbonyl (C=O) groups is 2. The maximum absolute atomic E-state index is 12.2. The minimum Gasteiger partial charge on any atom is -0.351 e. The number of carbonyl (C=O) groups excluding carboxylic acids is 2. The Bertz CT molecular complexity index is 971. The fraction of sp³-hybridized carbons (Fsp3) is 0.182. The van der Waals surface area contributed by atoms with Gasteiger partial charge in [0.05, 0.1) is 5.75 Å². The fourth-order valence-corrected chi connectivity index (χ4v) is 3.10. The van der Waals surface area contributed by atoms with Crippen LogP contribution >= 0.6 is 11.8 Å². The van der Waals surface area contributed by atoms with Crippen LogP contribution in [-0.4, -0.2) is 27.8 Å². The van der Waals surface area contributed by atoms with E-state index in [-0.39, 0.29) is 17.6 Å². The molecular weight excluding hydrogens is 384 g/mol. The van der Waals surface area contributed by atoms with Crippen LogP contribution in [0.1, 0.15) is 27.0 Å². The zero-order valence-corrected chi connectivity index (χ0v) is 17.1. The maximum atomic E-state index is 12.2. The van der Waals surface area contributed by atoms with Gasteiger partial charge in [0.25, 0.3) is 5.91 Å². The minimum atomic E-state index is -0.241. The van der Waals surface area contributed by atoms with Crippen molar-refractivity contribution in [2.45, 2.75) is 25.4 Å². The van der Waals surface area contributed by atoms with Gasteiger partial charge in [-0.2, -0.15) is 0 Å². The summed E-state index contributed by atoms with van der Waals surface area (Å²) in [4.78, 5) is 24.2. The number of aryl methyl sites for hydroxylation is 2. The Hall–Kier alpha value is -3.19. The molecular formula is C22H22N4O2S. The SMILES string of the molecule is Cc1ccc(CNC(=O)CSc2ccc(NC(=O)c3ccc(C)cc3)nn2)cc1. The molecule has 1 aromatic heterocycles. The lowest BCUT2D eigenvalue weighted by atomic mass is 10.1. The third-order valence-electron chi connectivity index (χ3n) is 4.16. The zero-order chi connectivity index (χ0) is 20.6. The highest BCUT2D eigenvalue weighted by molar-refractivity contribution is 7.99. The molecule has 7 heteroatoms. The Morgan fingerprint density at radius 1 is 0.862 bits per heavy atom. The summed E-state index contributed by atoms with van der Waals surface area (Å²) >= 11 is 1.29. The lowest BCUT2D eigenvalue weighted by molar-refractivity contribution is -0.118. The maximum Gasteiger partial charge on any atom is 0.256 e. The number of anilines is 1. The first kappa shape index (κ1) is 20.5. The van der Waals surface area contributed by atoms with Crippen LogP contribution in [0.2, 0.25) is 0 Å². The normalized spacial score (nSPS) is 10.4. The first-order chi connectivity index (χ1) is 14.0. The van der Waals surface area contributed by atoms with E-state index in [4.69, 9.17) is 0 Å². The molecule has 0 saturated carbocycles. The lowest BCUT2D eigenvalue weighted by Crippen LogP contribution is -2.24. The van der Waals surface area contributed by atoms with E-state index in [9.17, 15) is 9.59 Å². The molecule has 0 spiro atoms. The smallest absolute Gasteiger partial charge is 0.256 e. The number of rotatable bonds is 7. The monoisotopic (exact) mass is 406 g/mol. The summed E-state index contributed by atoms with van der Waals surface area (Å²) in [6.07, 6.45) is 0. The van der Waals surface area contributed by atoms with E-state index in [0.717, 1.165) is 11.1 Å². The summed E-state index contributed by atoms with van der Waals surface area (Å²) in [5.41, 5.74) is 3.89. The van der Waals surface area contributed by atoms with E-state index in [0.29, 0.717) is 23.0 Å². The van der Waals surface area contributed by atoms with Crippen molar-refractivity contribution in [3.63, 3.8) is 0 Å². The van der Waals surface area contributed by atoms with Gasteiger partial charge in [0.1, 0.15) is 5.03 Å². The molecule has 0 bridgehead atoms. The second-order valence-electron chi connectivity index (χ2n) is 6.63. The van der Waals surface area contributed by atoms with Gasteiger partial charge >= 0.3 is 0 Å². The number of amides is 2. The molecule has 29 heavy (non-hydrogen) atoms. The predicted octanol–water partition coefficient (Wildman–Crippen LogP) is 3.75. The van der Waals surface area contributed by atoms with Crippen LogP contribution in [0.25, 0.3) is 0 Å². The summed E-state index contributed by atoms with van der Waals surface area (Å²) in [5, 5.41) is 14.3. The highest BCUT2D eigenvalue weighted by Gasteiger charge is 2.08. The predicted molar refractivity (Wildman–Crippen MR) is 115 cm³/mol. The van der Waals surface area contributed by atoms with Crippen LogP contribution in [0.4, 0.5) is 5.82 Å². The summed E-state index contributed by atoms with van der Waals surface area (Å²) in [5.74, 6) is 0.295. The second-order valence-corrected chi connectivity index (χ2v) is 7.62. The van der Waals surface area contributed by atoms with Crippen LogP contribution in [0.5, 0.6) is 0 Å². The summed E-state index contributed by atoms with van der Waals surface area (Å²) < 4.78 is 0. The highest BCUT2D eigenvalue weighted by Crippen LogP contribution is 2.16. The molecule has 0 radical (unpaired) electrons. The number of hydrogen-bond acceptors (Lipinski definition) is 5. The second kappa shape index (κ2) is 9.84. The quantitative estimate of drug-likeness (QED) is 0.584. The van der Waals surface area contributed by atoms with Gasteiger partial charge in [-0.3, -0.25) is 9.59 Å². The van der Waals surface area contributed by atoms with Crippen molar-refractivity contribution in [1.82, 2.24) is 15.5 Å². The summed E-state index contributed by atoms with van der Waals surface area (Å²) in [6.45, 7) is 4.49. The molecule has 3 rings (SSSR count). The number of aromatic nitrogens is 2. The number of benzene rings is 2. The number of nitrogens with one attached hydrogen (secondary N) is 2. The molecule has 0 aliphatic carbocycles.